The maximum atomic E-state index is 13.2. The predicted molar refractivity (Wildman–Crippen MR) is 136 cm³/mol. The van der Waals surface area contributed by atoms with Crippen LogP contribution in [0.15, 0.2) is 42.6 Å². The van der Waals surface area contributed by atoms with Crippen molar-refractivity contribution >= 4 is 29.1 Å². The largest absolute Gasteiger partial charge is 0.493 e. The van der Waals surface area contributed by atoms with Crippen molar-refractivity contribution in [2.24, 2.45) is 5.73 Å². The summed E-state index contributed by atoms with van der Waals surface area (Å²) in [6.07, 6.45) is 3.34. The van der Waals surface area contributed by atoms with Crippen LogP contribution < -0.4 is 25.8 Å². The third-order valence-corrected chi connectivity index (χ3v) is 6.48. The molecule has 10 nitrogen and oxygen atoms in total. The number of nitrogens with one attached hydrogen (secondary N) is 2. The van der Waals surface area contributed by atoms with Gasteiger partial charge in [0.25, 0.3) is 5.91 Å². The summed E-state index contributed by atoms with van der Waals surface area (Å²) in [7, 11) is 3.14. The number of amides is 2. The number of methoxy groups -OCH3 is 2. The van der Waals surface area contributed by atoms with Gasteiger partial charge in [-0.1, -0.05) is 0 Å². The van der Waals surface area contributed by atoms with E-state index in [4.69, 9.17) is 20.2 Å². The normalized spacial score (nSPS) is 15.3. The number of anilines is 3. The zero-order valence-electron chi connectivity index (χ0n) is 20.2. The average Bonchev–Trinajstić information content (AvgIpc) is 3.03. The molecule has 2 aliphatic rings. The summed E-state index contributed by atoms with van der Waals surface area (Å²) in [4.78, 5) is 36.7. The smallest absolute Gasteiger partial charge is 0.253 e. The molecule has 0 spiro atoms. The van der Waals surface area contributed by atoms with E-state index in [9.17, 15) is 9.59 Å². The summed E-state index contributed by atoms with van der Waals surface area (Å²) in [6, 6.07) is 10.8. The maximum absolute atomic E-state index is 13.2. The Hall–Kier alpha value is -4.18. The van der Waals surface area contributed by atoms with E-state index in [0.717, 1.165) is 12.8 Å². The van der Waals surface area contributed by atoms with Gasteiger partial charge in [-0.2, -0.15) is 0 Å². The van der Waals surface area contributed by atoms with Crippen molar-refractivity contribution in [3.05, 3.63) is 53.7 Å². The number of piperidine rings is 1. The molecule has 3 aromatic rings. The number of aromatic nitrogens is 2. The van der Waals surface area contributed by atoms with Crippen molar-refractivity contribution in [1.82, 2.24) is 14.9 Å². The first-order chi connectivity index (χ1) is 17.4. The molecule has 0 saturated carbocycles. The van der Waals surface area contributed by atoms with Crippen LogP contribution in [0, 0.1) is 0 Å². The molecule has 2 amide bonds. The van der Waals surface area contributed by atoms with Gasteiger partial charge in [-0.05, 0) is 43.2 Å². The minimum atomic E-state index is -0.164. The van der Waals surface area contributed by atoms with Crippen LogP contribution in [0.25, 0.3) is 11.3 Å². The Balaban J connectivity index is 1.49. The lowest BCUT2D eigenvalue weighted by atomic mass is 10.0. The highest BCUT2D eigenvalue weighted by Gasteiger charge is 2.25. The molecule has 1 aromatic heterocycles. The van der Waals surface area contributed by atoms with Gasteiger partial charge in [-0.15, -0.1) is 0 Å². The summed E-state index contributed by atoms with van der Waals surface area (Å²) in [5.74, 6) is 1.31. The van der Waals surface area contributed by atoms with Crippen LogP contribution in [0.3, 0.4) is 0 Å². The summed E-state index contributed by atoms with van der Waals surface area (Å²) < 4.78 is 10.7. The fourth-order valence-corrected chi connectivity index (χ4v) is 4.51. The third-order valence-electron chi connectivity index (χ3n) is 6.48. The second kappa shape index (κ2) is 9.82. The van der Waals surface area contributed by atoms with Crippen LogP contribution in [0.2, 0.25) is 0 Å². The Kier molecular flexibility index (Phi) is 6.43. The van der Waals surface area contributed by atoms with Crippen LogP contribution in [0.5, 0.6) is 11.5 Å². The van der Waals surface area contributed by atoms with E-state index in [2.05, 4.69) is 15.6 Å². The van der Waals surface area contributed by atoms with E-state index in [1.54, 1.807) is 50.7 Å². The second-order valence-electron chi connectivity index (χ2n) is 8.88. The Morgan fingerprint density at radius 1 is 1.11 bits per heavy atom. The Labute approximate surface area is 208 Å². The van der Waals surface area contributed by atoms with Gasteiger partial charge in [0.1, 0.15) is 0 Å². The number of likely N-dealkylation sites (tertiary alicyclic amines) is 1. The molecule has 0 atom stereocenters. The van der Waals surface area contributed by atoms with Gasteiger partial charge < -0.3 is 30.7 Å². The standard InChI is InChI=1S/C26H28N6O4/c1-35-21-6-4-18(13-22(21)36-2)29-26-28-14-16-12-23(33)30-20-5-3-15(11-19(20)24(16)31-26)25(34)32-9-7-17(27)8-10-32/h3-6,11,13-14,17H,7-10,12,27H2,1-2H3,(H,30,33)(H,28,29,31). The molecule has 1 saturated heterocycles. The van der Waals surface area contributed by atoms with Gasteiger partial charge in [0.05, 0.1) is 32.0 Å². The Morgan fingerprint density at radius 2 is 1.89 bits per heavy atom. The maximum Gasteiger partial charge on any atom is 0.253 e. The molecule has 4 N–H and O–H groups in total. The van der Waals surface area contributed by atoms with E-state index in [0.29, 0.717) is 64.3 Å². The highest BCUT2D eigenvalue weighted by Crippen LogP contribution is 2.35. The molecule has 2 aliphatic heterocycles. The highest BCUT2D eigenvalue weighted by atomic mass is 16.5. The van der Waals surface area contributed by atoms with Gasteiger partial charge in [0.15, 0.2) is 11.5 Å². The lowest BCUT2D eigenvalue weighted by Crippen LogP contribution is -2.42. The highest BCUT2D eigenvalue weighted by molar-refractivity contribution is 6.03. The number of carbonyl (C=O) groups excluding carboxylic acids is 2. The SMILES string of the molecule is COc1ccc(Nc2ncc3c(n2)-c2cc(C(=O)N4CCC(N)CC4)ccc2NC(=O)C3)cc1OC. The van der Waals surface area contributed by atoms with Gasteiger partial charge in [0.2, 0.25) is 11.9 Å². The zero-order chi connectivity index (χ0) is 25.2. The van der Waals surface area contributed by atoms with Crippen molar-refractivity contribution in [2.75, 3.05) is 37.9 Å². The van der Waals surface area contributed by atoms with Crippen LogP contribution in [0.1, 0.15) is 28.8 Å². The number of ether oxygens (including phenoxy) is 2. The molecule has 186 valence electrons. The first kappa shape index (κ1) is 23.6. The number of hydrogen-bond donors (Lipinski definition) is 3. The monoisotopic (exact) mass is 488 g/mol. The predicted octanol–water partition coefficient (Wildman–Crippen LogP) is 2.96. The second-order valence-corrected chi connectivity index (χ2v) is 8.88. The van der Waals surface area contributed by atoms with Crippen molar-refractivity contribution in [3.63, 3.8) is 0 Å². The van der Waals surface area contributed by atoms with Crippen molar-refractivity contribution < 1.29 is 19.1 Å². The van der Waals surface area contributed by atoms with Crippen LogP contribution in [-0.4, -0.2) is 60.0 Å². The van der Waals surface area contributed by atoms with Gasteiger partial charge >= 0.3 is 0 Å². The van der Waals surface area contributed by atoms with E-state index in [-0.39, 0.29) is 24.3 Å². The zero-order valence-corrected chi connectivity index (χ0v) is 20.2. The molecule has 36 heavy (non-hydrogen) atoms. The Morgan fingerprint density at radius 3 is 2.64 bits per heavy atom. The molecule has 5 rings (SSSR count). The van der Waals surface area contributed by atoms with Gasteiger partial charge in [-0.25, -0.2) is 9.97 Å². The fourth-order valence-electron chi connectivity index (χ4n) is 4.51. The van der Waals surface area contributed by atoms with E-state index < -0.39 is 0 Å². The molecule has 2 aromatic carbocycles. The molecule has 0 unspecified atom stereocenters. The number of benzene rings is 2. The lowest BCUT2D eigenvalue weighted by Gasteiger charge is -2.30. The number of nitrogens with two attached hydrogens (primary N) is 1. The molecule has 10 heteroatoms. The molecule has 3 heterocycles. The topological polar surface area (TPSA) is 132 Å². The summed E-state index contributed by atoms with van der Waals surface area (Å²) >= 11 is 0. The number of hydrogen-bond acceptors (Lipinski definition) is 8. The van der Waals surface area contributed by atoms with E-state index >= 15 is 0 Å². The summed E-state index contributed by atoms with van der Waals surface area (Å²) in [5, 5.41) is 6.10. The number of rotatable bonds is 5. The molecule has 0 aliphatic carbocycles. The van der Waals surface area contributed by atoms with E-state index in [1.165, 1.54) is 0 Å². The third kappa shape index (κ3) is 4.67. The van der Waals surface area contributed by atoms with Crippen LogP contribution in [-0.2, 0) is 11.2 Å². The first-order valence-corrected chi connectivity index (χ1v) is 11.8. The summed E-state index contributed by atoms with van der Waals surface area (Å²) in [5.41, 5.74) is 9.80. The minimum Gasteiger partial charge on any atom is -0.493 e. The molecule has 1 fully saturated rings. The van der Waals surface area contributed by atoms with Crippen molar-refractivity contribution in [1.29, 1.82) is 0 Å². The van der Waals surface area contributed by atoms with Crippen LogP contribution in [0.4, 0.5) is 17.3 Å². The minimum absolute atomic E-state index is 0.0560. The molecular weight excluding hydrogens is 460 g/mol. The molecule has 0 bridgehead atoms. The van der Waals surface area contributed by atoms with Crippen molar-refractivity contribution in [2.45, 2.75) is 25.3 Å². The van der Waals surface area contributed by atoms with E-state index in [1.807, 2.05) is 11.0 Å². The number of fused-ring (bicyclic) bond motifs is 3. The lowest BCUT2D eigenvalue weighted by molar-refractivity contribution is -0.115. The first-order valence-electron chi connectivity index (χ1n) is 11.8. The average molecular weight is 489 g/mol. The molecular formula is C26H28N6O4. The number of nitrogens with zero attached hydrogens (tertiary/aromatic N) is 3. The number of carbonyl (C=O) groups is 2. The fraction of sp³-hybridized carbons (Fsp3) is 0.308. The van der Waals surface area contributed by atoms with Crippen LogP contribution >= 0.6 is 0 Å². The Bertz CT molecular complexity index is 1320. The molecule has 0 radical (unpaired) electrons. The van der Waals surface area contributed by atoms with Gasteiger partial charge in [-0.3, -0.25) is 9.59 Å². The quantitative estimate of drug-likeness (QED) is 0.500. The van der Waals surface area contributed by atoms with Crippen molar-refractivity contribution in [3.8, 4) is 22.8 Å². The summed E-state index contributed by atoms with van der Waals surface area (Å²) in [6.45, 7) is 1.26. The van der Waals surface area contributed by atoms with Gasteiger partial charge in [0, 0.05) is 53.8 Å².